The predicted molar refractivity (Wildman–Crippen MR) is 73.2 cm³/mol. The normalized spacial score (nSPS) is 23.6. The lowest BCUT2D eigenvalue weighted by Gasteiger charge is -2.30. The van der Waals surface area contributed by atoms with Gasteiger partial charge in [-0.3, -0.25) is 4.98 Å². The molecule has 2 atom stereocenters. The minimum Gasteiger partial charge on any atom is -0.368 e. The first-order chi connectivity index (χ1) is 9.38. The standard InChI is InChI=1S/C12H17ClN6/c13-5-9-3-1-2-4-10(9)6-15-11-7-14-8-12-16-17-18-19(11)12/h7-10,15H,1-6H2. The molecule has 1 aliphatic carbocycles. The second-order valence-electron chi connectivity index (χ2n) is 5.08. The van der Waals surface area contributed by atoms with E-state index in [4.69, 9.17) is 11.6 Å². The lowest BCUT2D eigenvalue weighted by Crippen LogP contribution is -2.28. The molecule has 19 heavy (non-hydrogen) atoms. The molecule has 0 saturated heterocycles. The Morgan fingerprint density at radius 3 is 2.95 bits per heavy atom. The van der Waals surface area contributed by atoms with Crippen LogP contribution < -0.4 is 5.32 Å². The summed E-state index contributed by atoms with van der Waals surface area (Å²) >= 11 is 6.06. The van der Waals surface area contributed by atoms with Crippen molar-refractivity contribution in [2.24, 2.45) is 11.8 Å². The van der Waals surface area contributed by atoms with Gasteiger partial charge in [-0.15, -0.1) is 16.7 Å². The van der Waals surface area contributed by atoms with Crippen molar-refractivity contribution >= 4 is 23.1 Å². The first-order valence-corrected chi connectivity index (χ1v) is 7.24. The van der Waals surface area contributed by atoms with E-state index in [2.05, 4.69) is 25.8 Å². The lowest BCUT2D eigenvalue weighted by molar-refractivity contribution is 0.271. The molecule has 2 aromatic rings. The molecule has 2 unspecified atom stereocenters. The van der Waals surface area contributed by atoms with E-state index in [1.807, 2.05) is 0 Å². The Bertz CT molecular complexity index is 542. The summed E-state index contributed by atoms with van der Waals surface area (Å²) < 4.78 is 1.67. The number of hydrogen-bond acceptors (Lipinski definition) is 5. The van der Waals surface area contributed by atoms with Crippen LogP contribution in [0, 0.1) is 11.8 Å². The van der Waals surface area contributed by atoms with Crippen molar-refractivity contribution in [2.75, 3.05) is 17.7 Å². The molecule has 0 amide bonds. The summed E-state index contributed by atoms with van der Waals surface area (Å²) in [6.07, 6.45) is 8.48. The lowest BCUT2D eigenvalue weighted by atomic mass is 9.80. The molecule has 7 heteroatoms. The summed E-state index contributed by atoms with van der Waals surface area (Å²) in [6, 6.07) is 0. The fourth-order valence-electron chi connectivity index (χ4n) is 2.79. The van der Waals surface area contributed by atoms with Gasteiger partial charge in [0.15, 0.2) is 5.65 Å². The Labute approximate surface area is 116 Å². The summed E-state index contributed by atoms with van der Waals surface area (Å²) in [4.78, 5) is 4.14. The highest BCUT2D eigenvalue weighted by Crippen LogP contribution is 2.31. The maximum absolute atomic E-state index is 6.06. The molecule has 1 fully saturated rings. The molecule has 1 saturated carbocycles. The average molecular weight is 281 g/mol. The van der Waals surface area contributed by atoms with Crippen molar-refractivity contribution in [3.05, 3.63) is 12.4 Å². The van der Waals surface area contributed by atoms with Crippen LogP contribution >= 0.6 is 11.6 Å². The molecule has 102 valence electrons. The van der Waals surface area contributed by atoms with Crippen LogP contribution in [-0.2, 0) is 0 Å². The van der Waals surface area contributed by atoms with Crippen molar-refractivity contribution in [3.63, 3.8) is 0 Å². The van der Waals surface area contributed by atoms with Crippen molar-refractivity contribution in [3.8, 4) is 0 Å². The molecular formula is C12H17ClN6. The third-order valence-corrected chi connectivity index (χ3v) is 4.32. The third kappa shape index (κ3) is 2.63. The Balaban J connectivity index is 1.69. The Kier molecular flexibility index (Phi) is 3.77. The third-order valence-electron chi connectivity index (χ3n) is 3.92. The summed E-state index contributed by atoms with van der Waals surface area (Å²) in [5.41, 5.74) is 0.655. The summed E-state index contributed by atoms with van der Waals surface area (Å²) in [6.45, 7) is 0.901. The Hall–Kier alpha value is -1.43. The van der Waals surface area contributed by atoms with Gasteiger partial charge in [-0.25, -0.2) is 0 Å². The predicted octanol–water partition coefficient (Wildman–Crippen LogP) is 1.98. The Morgan fingerprint density at radius 2 is 2.11 bits per heavy atom. The molecular weight excluding hydrogens is 264 g/mol. The second kappa shape index (κ2) is 5.69. The van der Waals surface area contributed by atoms with E-state index in [0.717, 1.165) is 18.2 Å². The highest BCUT2D eigenvalue weighted by Gasteiger charge is 2.24. The summed E-state index contributed by atoms with van der Waals surface area (Å²) in [5.74, 6) is 2.82. The molecule has 0 aromatic carbocycles. The number of rotatable bonds is 4. The SMILES string of the molecule is ClCC1CCCCC1CNc1cncc2nnnn12. The number of halogens is 1. The summed E-state index contributed by atoms with van der Waals surface area (Å²) in [7, 11) is 0. The van der Waals surface area contributed by atoms with Crippen LogP contribution in [0.5, 0.6) is 0 Å². The van der Waals surface area contributed by atoms with E-state index in [1.165, 1.54) is 25.7 Å². The Morgan fingerprint density at radius 1 is 1.26 bits per heavy atom. The van der Waals surface area contributed by atoms with Crippen LogP contribution in [-0.4, -0.2) is 37.4 Å². The van der Waals surface area contributed by atoms with Crippen LogP contribution in [0.4, 0.5) is 5.82 Å². The van der Waals surface area contributed by atoms with E-state index >= 15 is 0 Å². The fourth-order valence-corrected chi connectivity index (χ4v) is 3.19. The van der Waals surface area contributed by atoms with Crippen LogP contribution in [0.3, 0.4) is 0 Å². The zero-order valence-corrected chi connectivity index (χ0v) is 11.4. The van der Waals surface area contributed by atoms with Crippen molar-refractivity contribution in [1.82, 2.24) is 25.0 Å². The highest BCUT2D eigenvalue weighted by molar-refractivity contribution is 6.18. The molecule has 1 aliphatic rings. The van der Waals surface area contributed by atoms with Gasteiger partial charge in [0.25, 0.3) is 0 Å². The number of aromatic nitrogens is 5. The van der Waals surface area contributed by atoms with Crippen LogP contribution in [0.15, 0.2) is 12.4 Å². The molecule has 0 aliphatic heterocycles. The van der Waals surface area contributed by atoms with E-state index in [9.17, 15) is 0 Å². The maximum Gasteiger partial charge on any atom is 0.199 e. The van der Waals surface area contributed by atoms with Crippen molar-refractivity contribution in [1.29, 1.82) is 0 Å². The summed E-state index contributed by atoms with van der Waals surface area (Å²) in [5, 5.41) is 14.9. The number of hydrogen-bond donors (Lipinski definition) is 1. The largest absolute Gasteiger partial charge is 0.368 e. The molecule has 2 aromatic heterocycles. The molecule has 2 heterocycles. The van der Waals surface area contributed by atoms with Gasteiger partial charge in [0.05, 0.1) is 12.4 Å². The van der Waals surface area contributed by atoms with Crippen LogP contribution in [0.25, 0.3) is 5.65 Å². The van der Waals surface area contributed by atoms with E-state index < -0.39 is 0 Å². The minimum absolute atomic E-state index is 0.615. The number of fused-ring (bicyclic) bond motifs is 1. The number of tetrazole rings is 1. The average Bonchev–Trinajstić information content (AvgIpc) is 2.94. The smallest absolute Gasteiger partial charge is 0.199 e. The molecule has 0 radical (unpaired) electrons. The van der Waals surface area contributed by atoms with Crippen LogP contribution in [0.1, 0.15) is 25.7 Å². The topological polar surface area (TPSA) is 68.0 Å². The number of anilines is 1. The first kappa shape index (κ1) is 12.6. The van der Waals surface area contributed by atoms with Gasteiger partial charge in [0.2, 0.25) is 0 Å². The van der Waals surface area contributed by atoms with E-state index in [0.29, 0.717) is 17.5 Å². The number of nitrogens with one attached hydrogen (secondary N) is 1. The molecule has 3 rings (SSSR count). The van der Waals surface area contributed by atoms with Gasteiger partial charge in [0, 0.05) is 12.4 Å². The molecule has 0 bridgehead atoms. The van der Waals surface area contributed by atoms with Gasteiger partial charge in [-0.05, 0) is 35.1 Å². The quantitative estimate of drug-likeness (QED) is 0.868. The number of alkyl halides is 1. The first-order valence-electron chi connectivity index (χ1n) is 6.70. The maximum atomic E-state index is 6.06. The highest BCUT2D eigenvalue weighted by atomic mass is 35.5. The van der Waals surface area contributed by atoms with Crippen LogP contribution in [0.2, 0.25) is 0 Å². The zero-order chi connectivity index (χ0) is 13.1. The fraction of sp³-hybridized carbons (Fsp3) is 0.667. The van der Waals surface area contributed by atoms with E-state index in [-0.39, 0.29) is 0 Å². The minimum atomic E-state index is 0.615. The zero-order valence-electron chi connectivity index (χ0n) is 10.7. The van der Waals surface area contributed by atoms with Gasteiger partial charge in [-0.2, -0.15) is 4.52 Å². The van der Waals surface area contributed by atoms with Gasteiger partial charge < -0.3 is 5.32 Å². The van der Waals surface area contributed by atoms with Gasteiger partial charge >= 0.3 is 0 Å². The number of nitrogens with zero attached hydrogens (tertiary/aromatic N) is 5. The van der Waals surface area contributed by atoms with Gasteiger partial charge in [-0.1, -0.05) is 12.8 Å². The monoisotopic (exact) mass is 280 g/mol. The van der Waals surface area contributed by atoms with Crippen molar-refractivity contribution < 1.29 is 0 Å². The van der Waals surface area contributed by atoms with Gasteiger partial charge in [0.1, 0.15) is 5.82 Å². The molecule has 1 N–H and O–H groups in total. The molecule has 6 nitrogen and oxygen atoms in total. The van der Waals surface area contributed by atoms with E-state index in [1.54, 1.807) is 16.9 Å². The van der Waals surface area contributed by atoms with Crippen molar-refractivity contribution in [2.45, 2.75) is 25.7 Å². The molecule has 0 spiro atoms. The second-order valence-corrected chi connectivity index (χ2v) is 5.39.